The number of aryl methyl sites for hydroxylation is 1. The fourth-order valence-corrected chi connectivity index (χ4v) is 2.63. The van der Waals surface area contributed by atoms with Crippen molar-refractivity contribution >= 4 is 34.0 Å². The van der Waals surface area contributed by atoms with Crippen molar-refractivity contribution in [2.75, 3.05) is 17.2 Å². The summed E-state index contributed by atoms with van der Waals surface area (Å²) in [6, 6.07) is 4.95. The van der Waals surface area contributed by atoms with E-state index >= 15 is 0 Å². The van der Waals surface area contributed by atoms with E-state index in [9.17, 15) is 9.59 Å². The van der Waals surface area contributed by atoms with Crippen molar-refractivity contribution in [1.82, 2.24) is 4.98 Å². The first kappa shape index (κ1) is 13.6. The summed E-state index contributed by atoms with van der Waals surface area (Å²) < 4.78 is 5.45. The molecule has 6 nitrogen and oxygen atoms in total. The number of nitrogens with one attached hydrogen (secondary N) is 2. The summed E-state index contributed by atoms with van der Waals surface area (Å²) >= 11 is 1.37. The van der Waals surface area contributed by atoms with Gasteiger partial charge in [0.15, 0.2) is 5.13 Å². The molecule has 0 radical (unpaired) electrons. The van der Waals surface area contributed by atoms with Crippen LogP contribution < -0.4 is 15.4 Å². The number of rotatable bonds is 2. The summed E-state index contributed by atoms with van der Waals surface area (Å²) in [7, 11) is 0. The van der Waals surface area contributed by atoms with Crippen molar-refractivity contribution < 1.29 is 14.3 Å². The van der Waals surface area contributed by atoms with Crippen LogP contribution in [0.1, 0.15) is 22.5 Å². The fourth-order valence-electron chi connectivity index (χ4n) is 1.94. The highest BCUT2D eigenvalue weighted by atomic mass is 32.1. The van der Waals surface area contributed by atoms with Gasteiger partial charge < -0.3 is 10.1 Å². The first-order chi connectivity index (χ1) is 10.1. The van der Waals surface area contributed by atoms with E-state index in [0.29, 0.717) is 35.2 Å². The van der Waals surface area contributed by atoms with Crippen LogP contribution in [0.15, 0.2) is 23.6 Å². The van der Waals surface area contributed by atoms with E-state index < -0.39 is 0 Å². The molecular formula is C14H13N3O3S. The van der Waals surface area contributed by atoms with Gasteiger partial charge in [0.05, 0.1) is 24.4 Å². The maximum absolute atomic E-state index is 12.2. The lowest BCUT2D eigenvalue weighted by Crippen LogP contribution is -2.13. The van der Waals surface area contributed by atoms with Gasteiger partial charge in [0.1, 0.15) is 5.75 Å². The molecule has 2 amide bonds. The second-order valence-electron chi connectivity index (χ2n) is 4.61. The molecular weight excluding hydrogens is 290 g/mol. The third kappa shape index (κ3) is 3.03. The number of fused-ring (bicyclic) bond motifs is 1. The van der Waals surface area contributed by atoms with E-state index in [1.54, 1.807) is 18.2 Å². The minimum Gasteiger partial charge on any atom is -0.491 e. The zero-order valence-corrected chi connectivity index (χ0v) is 12.1. The number of carbonyl (C=O) groups excluding carboxylic acids is 2. The highest BCUT2D eigenvalue weighted by Gasteiger charge is 2.16. The molecule has 21 heavy (non-hydrogen) atoms. The Kier molecular flexibility index (Phi) is 3.57. The van der Waals surface area contributed by atoms with E-state index in [1.807, 2.05) is 12.3 Å². The lowest BCUT2D eigenvalue weighted by atomic mass is 10.1. The second kappa shape index (κ2) is 5.53. The monoisotopic (exact) mass is 303 g/mol. The summed E-state index contributed by atoms with van der Waals surface area (Å²) in [6.07, 6.45) is 0.300. The lowest BCUT2D eigenvalue weighted by molar-refractivity contribution is -0.116. The lowest BCUT2D eigenvalue weighted by Gasteiger charge is -2.09. The number of thiazole rings is 1. The molecule has 0 saturated carbocycles. The zero-order chi connectivity index (χ0) is 14.8. The van der Waals surface area contributed by atoms with Crippen molar-refractivity contribution in [3.05, 3.63) is 34.8 Å². The van der Waals surface area contributed by atoms with Crippen molar-refractivity contribution in [2.45, 2.75) is 13.3 Å². The molecule has 3 rings (SSSR count). The molecule has 1 aromatic heterocycles. The third-order valence-electron chi connectivity index (χ3n) is 2.94. The van der Waals surface area contributed by atoms with E-state index in [2.05, 4.69) is 15.6 Å². The van der Waals surface area contributed by atoms with E-state index in [1.165, 1.54) is 11.3 Å². The minimum absolute atomic E-state index is 0.123. The summed E-state index contributed by atoms with van der Waals surface area (Å²) in [5.41, 5.74) is 1.81. The van der Waals surface area contributed by atoms with Crippen LogP contribution >= 0.6 is 11.3 Å². The molecule has 7 heteroatoms. The van der Waals surface area contributed by atoms with Crippen molar-refractivity contribution in [3.63, 3.8) is 0 Å². The summed E-state index contributed by atoms with van der Waals surface area (Å²) in [5, 5.41) is 7.87. The quantitative estimate of drug-likeness (QED) is 0.893. The fraction of sp³-hybridized carbons (Fsp3) is 0.214. The average Bonchev–Trinajstić information content (AvgIpc) is 2.75. The van der Waals surface area contributed by atoms with Gasteiger partial charge in [0, 0.05) is 10.9 Å². The van der Waals surface area contributed by atoms with E-state index in [-0.39, 0.29) is 11.8 Å². The molecule has 0 aliphatic carbocycles. The third-order valence-corrected chi connectivity index (χ3v) is 3.82. The molecule has 0 saturated heterocycles. The van der Waals surface area contributed by atoms with Gasteiger partial charge >= 0.3 is 0 Å². The van der Waals surface area contributed by atoms with Crippen LogP contribution in [-0.2, 0) is 4.79 Å². The number of nitrogens with zero attached hydrogens (tertiary/aromatic N) is 1. The van der Waals surface area contributed by atoms with Crippen LogP contribution in [0.3, 0.4) is 0 Å². The standard InChI is InChI=1S/C14H13N3O3S/c1-8-7-21-14(15-8)17-13(19)9-2-3-11-10(6-9)16-12(18)4-5-20-11/h2-3,6-7H,4-5H2,1H3,(H,16,18)(H,15,17,19). The Hall–Kier alpha value is -2.41. The molecule has 2 heterocycles. The van der Waals surface area contributed by atoms with Crippen LogP contribution in [0.25, 0.3) is 0 Å². The van der Waals surface area contributed by atoms with Crippen LogP contribution in [0.5, 0.6) is 5.75 Å². The molecule has 0 bridgehead atoms. The maximum atomic E-state index is 12.2. The van der Waals surface area contributed by atoms with E-state index in [4.69, 9.17) is 4.74 Å². The van der Waals surface area contributed by atoms with Crippen molar-refractivity contribution in [1.29, 1.82) is 0 Å². The number of aromatic nitrogens is 1. The molecule has 0 atom stereocenters. The number of carbonyl (C=O) groups is 2. The average molecular weight is 303 g/mol. The molecule has 108 valence electrons. The van der Waals surface area contributed by atoms with Crippen LogP contribution in [-0.4, -0.2) is 23.4 Å². The second-order valence-corrected chi connectivity index (χ2v) is 5.46. The van der Waals surface area contributed by atoms with Gasteiger partial charge in [-0.05, 0) is 25.1 Å². The molecule has 1 aliphatic rings. The summed E-state index contributed by atoms with van der Waals surface area (Å²) in [4.78, 5) is 27.9. The van der Waals surface area contributed by atoms with Gasteiger partial charge in [-0.15, -0.1) is 11.3 Å². The maximum Gasteiger partial charge on any atom is 0.257 e. The molecule has 1 aromatic carbocycles. The van der Waals surface area contributed by atoms with Gasteiger partial charge in [0.25, 0.3) is 5.91 Å². The predicted molar refractivity (Wildman–Crippen MR) is 80.0 cm³/mol. The SMILES string of the molecule is Cc1csc(NC(=O)c2ccc3c(c2)NC(=O)CCO3)n1. The summed E-state index contributed by atoms with van der Waals surface area (Å²) in [5.74, 6) is 0.176. The minimum atomic E-state index is -0.273. The van der Waals surface area contributed by atoms with Crippen molar-refractivity contribution in [3.8, 4) is 5.75 Å². The van der Waals surface area contributed by atoms with Gasteiger partial charge in [0.2, 0.25) is 5.91 Å². The van der Waals surface area contributed by atoms with Gasteiger partial charge in [-0.1, -0.05) is 0 Å². The topological polar surface area (TPSA) is 80.3 Å². The Morgan fingerprint density at radius 1 is 1.48 bits per heavy atom. The Bertz CT molecular complexity index is 711. The van der Waals surface area contributed by atoms with E-state index in [0.717, 1.165) is 5.69 Å². The van der Waals surface area contributed by atoms with Gasteiger partial charge in [-0.2, -0.15) is 0 Å². The number of ether oxygens (including phenoxy) is 1. The highest BCUT2D eigenvalue weighted by molar-refractivity contribution is 7.13. The summed E-state index contributed by atoms with van der Waals surface area (Å²) in [6.45, 7) is 2.20. The van der Waals surface area contributed by atoms with Crippen molar-refractivity contribution in [2.24, 2.45) is 0 Å². The first-order valence-electron chi connectivity index (χ1n) is 6.42. The largest absolute Gasteiger partial charge is 0.491 e. The normalized spacial score (nSPS) is 13.7. The molecule has 0 fully saturated rings. The zero-order valence-electron chi connectivity index (χ0n) is 11.3. The Balaban J connectivity index is 1.82. The predicted octanol–water partition coefficient (Wildman–Crippen LogP) is 2.42. The number of anilines is 2. The Morgan fingerprint density at radius 2 is 2.33 bits per heavy atom. The Morgan fingerprint density at radius 3 is 3.10 bits per heavy atom. The molecule has 0 spiro atoms. The highest BCUT2D eigenvalue weighted by Crippen LogP contribution is 2.28. The Labute approximate surface area is 125 Å². The molecule has 0 unspecified atom stereocenters. The molecule has 2 N–H and O–H groups in total. The van der Waals surface area contributed by atoms with Crippen LogP contribution in [0.2, 0.25) is 0 Å². The number of amides is 2. The number of benzene rings is 1. The van der Waals surface area contributed by atoms with Crippen LogP contribution in [0, 0.1) is 6.92 Å². The van der Waals surface area contributed by atoms with Gasteiger partial charge in [-0.25, -0.2) is 4.98 Å². The number of hydrogen-bond donors (Lipinski definition) is 2. The number of hydrogen-bond acceptors (Lipinski definition) is 5. The first-order valence-corrected chi connectivity index (χ1v) is 7.30. The van der Waals surface area contributed by atoms with Crippen LogP contribution in [0.4, 0.5) is 10.8 Å². The molecule has 1 aliphatic heterocycles. The van der Waals surface area contributed by atoms with Gasteiger partial charge in [-0.3, -0.25) is 14.9 Å². The molecule has 2 aromatic rings. The smallest absolute Gasteiger partial charge is 0.257 e.